The summed E-state index contributed by atoms with van der Waals surface area (Å²) in [6.45, 7) is 0.539. The highest BCUT2D eigenvalue weighted by atomic mass is 16.1. The Bertz CT molecular complexity index is 563. The van der Waals surface area contributed by atoms with Gasteiger partial charge in [-0.05, 0) is 11.6 Å². The van der Waals surface area contributed by atoms with Crippen molar-refractivity contribution in [3.05, 3.63) is 36.0 Å². The number of hydrogen-bond acceptors (Lipinski definition) is 1. The number of rotatable bonds is 4. The summed E-state index contributed by atoms with van der Waals surface area (Å²) in [5.74, 6) is 2.50. The predicted molar refractivity (Wildman–Crippen MR) is 68.5 cm³/mol. The molecule has 0 fully saturated rings. The normalized spacial score (nSPS) is 10.1. The van der Waals surface area contributed by atoms with Crippen molar-refractivity contribution in [1.82, 2.24) is 10.3 Å². The van der Waals surface area contributed by atoms with Crippen molar-refractivity contribution in [2.24, 2.45) is 0 Å². The summed E-state index contributed by atoms with van der Waals surface area (Å²) in [4.78, 5) is 14.8. The van der Waals surface area contributed by atoms with Gasteiger partial charge in [-0.25, -0.2) is 0 Å². The molecule has 0 atom stereocenters. The summed E-state index contributed by atoms with van der Waals surface area (Å²) < 4.78 is 0. The van der Waals surface area contributed by atoms with Crippen molar-refractivity contribution >= 4 is 16.8 Å². The molecule has 0 aliphatic heterocycles. The maximum absolute atomic E-state index is 11.6. The number of carbonyl (C=O) groups excluding carboxylic acids is 1. The lowest BCUT2D eigenvalue weighted by molar-refractivity contribution is -0.120. The number of benzene rings is 1. The van der Waals surface area contributed by atoms with Gasteiger partial charge in [-0.1, -0.05) is 18.2 Å². The molecular weight excluding hydrogens is 212 g/mol. The first-order valence-electron chi connectivity index (χ1n) is 5.56. The first-order valence-corrected chi connectivity index (χ1v) is 5.56. The quantitative estimate of drug-likeness (QED) is 0.606. The fourth-order valence-corrected chi connectivity index (χ4v) is 1.79. The average Bonchev–Trinajstić information content (AvgIpc) is 2.73. The Morgan fingerprint density at radius 3 is 3.06 bits per heavy atom. The molecule has 0 unspecified atom stereocenters. The van der Waals surface area contributed by atoms with E-state index in [-0.39, 0.29) is 5.91 Å². The standard InChI is InChI=1S/C14H14N2O/c1-2-3-8-15-14(17)9-11-10-16-13-7-5-4-6-12(11)13/h1,4-7,10,16H,3,8-9H2,(H,15,17). The van der Waals surface area contributed by atoms with E-state index in [0.29, 0.717) is 19.4 Å². The molecule has 0 aliphatic carbocycles. The molecule has 0 aliphatic rings. The minimum Gasteiger partial charge on any atom is -0.361 e. The second kappa shape index (κ2) is 5.22. The number of terminal acetylenes is 1. The van der Waals surface area contributed by atoms with Crippen molar-refractivity contribution in [1.29, 1.82) is 0 Å². The molecule has 2 N–H and O–H groups in total. The Morgan fingerprint density at radius 2 is 2.24 bits per heavy atom. The van der Waals surface area contributed by atoms with Crippen LogP contribution in [-0.4, -0.2) is 17.4 Å². The molecule has 3 nitrogen and oxygen atoms in total. The van der Waals surface area contributed by atoms with Crippen LogP contribution >= 0.6 is 0 Å². The molecule has 0 radical (unpaired) electrons. The van der Waals surface area contributed by atoms with Gasteiger partial charge in [0.25, 0.3) is 0 Å². The number of H-pyrrole nitrogens is 1. The van der Waals surface area contributed by atoms with Crippen LogP contribution in [0.15, 0.2) is 30.5 Å². The number of fused-ring (bicyclic) bond motifs is 1. The molecule has 1 heterocycles. The number of nitrogens with one attached hydrogen (secondary N) is 2. The Kier molecular flexibility index (Phi) is 3.46. The van der Waals surface area contributed by atoms with E-state index in [4.69, 9.17) is 6.42 Å². The van der Waals surface area contributed by atoms with Crippen LogP contribution < -0.4 is 5.32 Å². The number of carbonyl (C=O) groups is 1. The van der Waals surface area contributed by atoms with Gasteiger partial charge in [0.2, 0.25) is 5.91 Å². The smallest absolute Gasteiger partial charge is 0.224 e. The molecule has 1 amide bonds. The molecule has 1 aromatic heterocycles. The third-order valence-electron chi connectivity index (χ3n) is 2.62. The van der Waals surface area contributed by atoms with Gasteiger partial charge < -0.3 is 10.3 Å². The van der Waals surface area contributed by atoms with Crippen LogP contribution in [0.1, 0.15) is 12.0 Å². The Morgan fingerprint density at radius 1 is 1.41 bits per heavy atom. The van der Waals surface area contributed by atoms with E-state index in [1.807, 2.05) is 30.5 Å². The molecule has 3 heteroatoms. The number of aromatic nitrogens is 1. The summed E-state index contributed by atoms with van der Waals surface area (Å²) in [5, 5.41) is 3.89. The van der Waals surface area contributed by atoms with E-state index < -0.39 is 0 Å². The number of hydrogen-bond donors (Lipinski definition) is 2. The molecule has 0 spiro atoms. The van der Waals surface area contributed by atoms with Crippen LogP contribution in [0, 0.1) is 12.3 Å². The first kappa shape index (κ1) is 11.3. The van der Waals surface area contributed by atoms with Gasteiger partial charge >= 0.3 is 0 Å². The topological polar surface area (TPSA) is 44.9 Å². The minimum absolute atomic E-state index is 0.00463. The third-order valence-corrected chi connectivity index (χ3v) is 2.62. The predicted octanol–water partition coefficient (Wildman–Crippen LogP) is 1.85. The highest BCUT2D eigenvalue weighted by Gasteiger charge is 2.07. The monoisotopic (exact) mass is 226 g/mol. The second-order valence-corrected chi connectivity index (χ2v) is 3.84. The van der Waals surface area contributed by atoms with Crippen LogP contribution in [-0.2, 0) is 11.2 Å². The maximum atomic E-state index is 11.6. The van der Waals surface area contributed by atoms with E-state index in [9.17, 15) is 4.79 Å². The first-order chi connectivity index (χ1) is 8.31. The summed E-state index contributed by atoms with van der Waals surface area (Å²) in [5.41, 5.74) is 2.07. The molecule has 86 valence electrons. The lowest BCUT2D eigenvalue weighted by atomic mass is 10.1. The highest BCUT2D eigenvalue weighted by molar-refractivity contribution is 5.88. The van der Waals surface area contributed by atoms with E-state index in [1.54, 1.807) is 0 Å². The van der Waals surface area contributed by atoms with Gasteiger partial charge in [0, 0.05) is 30.1 Å². The van der Waals surface area contributed by atoms with Crippen LogP contribution in [0.3, 0.4) is 0 Å². The Balaban J connectivity index is 2.04. The number of para-hydroxylation sites is 1. The summed E-state index contributed by atoms with van der Waals surface area (Å²) in [6.07, 6.45) is 7.95. The van der Waals surface area contributed by atoms with Crippen molar-refractivity contribution in [3.63, 3.8) is 0 Å². The van der Waals surface area contributed by atoms with Crippen molar-refractivity contribution in [3.8, 4) is 12.3 Å². The minimum atomic E-state index is 0.00463. The Hall–Kier alpha value is -2.21. The van der Waals surface area contributed by atoms with Crippen LogP contribution in [0.5, 0.6) is 0 Å². The van der Waals surface area contributed by atoms with E-state index in [1.165, 1.54) is 0 Å². The molecular formula is C14H14N2O. The molecule has 0 saturated carbocycles. The lowest BCUT2D eigenvalue weighted by Gasteiger charge is -2.01. The van der Waals surface area contributed by atoms with Gasteiger partial charge in [0.15, 0.2) is 0 Å². The highest BCUT2D eigenvalue weighted by Crippen LogP contribution is 2.17. The third kappa shape index (κ3) is 2.67. The number of amides is 1. The maximum Gasteiger partial charge on any atom is 0.224 e. The van der Waals surface area contributed by atoms with E-state index in [0.717, 1.165) is 16.5 Å². The fourth-order valence-electron chi connectivity index (χ4n) is 1.79. The zero-order valence-corrected chi connectivity index (χ0v) is 9.49. The van der Waals surface area contributed by atoms with Crippen LogP contribution in [0.4, 0.5) is 0 Å². The molecule has 2 aromatic rings. The van der Waals surface area contributed by atoms with E-state index >= 15 is 0 Å². The lowest BCUT2D eigenvalue weighted by Crippen LogP contribution is -2.25. The fraction of sp³-hybridized carbons (Fsp3) is 0.214. The zero-order valence-electron chi connectivity index (χ0n) is 9.49. The van der Waals surface area contributed by atoms with Gasteiger partial charge in [-0.15, -0.1) is 12.3 Å². The van der Waals surface area contributed by atoms with Crippen molar-refractivity contribution in [2.75, 3.05) is 6.54 Å². The van der Waals surface area contributed by atoms with Crippen LogP contribution in [0.2, 0.25) is 0 Å². The molecule has 2 rings (SSSR count). The zero-order chi connectivity index (χ0) is 12.1. The molecule has 17 heavy (non-hydrogen) atoms. The van der Waals surface area contributed by atoms with Crippen molar-refractivity contribution < 1.29 is 4.79 Å². The van der Waals surface area contributed by atoms with Gasteiger partial charge in [0.1, 0.15) is 0 Å². The molecule has 0 saturated heterocycles. The Labute approximate surface area is 100 Å². The summed E-state index contributed by atoms with van der Waals surface area (Å²) >= 11 is 0. The van der Waals surface area contributed by atoms with Gasteiger partial charge in [-0.2, -0.15) is 0 Å². The second-order valence-electron chi connectivity index (χ2n) is 3.84. The largest absolute Gasteiger partial charge is 0.361 e. The van der Waals surface area contributed by atoms with Crippen molar-refractivity contribution in [2.45, 2.75) is 12.8 Å². The van der Waals surface area contributed by atoms with Crippen LogP contribution in [0.25, 0.3) is 10.9 Å². The summed E-state index contributed by atoms with van der Waals surface area (Å²) in [6, 6.07) is 7.94. The average molecular weight is 226 g/mol. The van der Waals surface area contributed by atoms with Gasteiger partial charge in [-0.3, -0.25) is 4.79 Å². The van der Waals surface area contributed by atoms with Gasteiger partial charge in [0.05, 0.1) is 6.42 Å². The molecule has 0 bridgehead atoms. The van der Waals surface area contributed by atoms with E-state index in [2.05, 4.69) is 16.2 Å². The summed E-state index contributed by atoms with van der Waals surface area (Å²) in [7, 11) is 0. The molecule has 1 aromatic carbocycles. The SMILES string of the molecule is C#CCCNC(=O)Cc1c[nH]c2ccccc12. The number of aromatic amines is 1.